The Hall–Kier alpha value is -1.92. The van der Waals surface area contributed by atoms with Crippen molar-refractivity contribution in [1.82, 2.24) is 0 Å². The van der Waals surface area contributed by atoms with Crippen LogP contribution in [0, 0.1) is 5.92 Å². The van der Waals surface area contributed by atoms with E-state index >= 15 is 0 Å². The summed E-state index contributed by atoms with van der Waals surface area (Å²) in [5.74, 6) is 0.0929. The van der Waals surface area contributed by atoms with Crippen LogP contribution in [-0.2, 0) is 19.1 Å². The maximum absolute atomic E-state index is 12.0. The SMILES string of the molecule is CCCCCCCC/C=C/C/C=C/C=C/C(O)CCCC(=O)OC[C@H](O)COC(=O)CCCCCCCCCCCCCCCCC(C)C. The van der Waals surface area contributed by atoms with Crippen LogP contribution in [0.4, 0.5) is 0 Å². The number of carbonyl (C=O) groups excluding carboxylic acids is 2. The molecule has 0 rings (SSSR count). The standard InChI is InChI=1S/C43H78O6/c1-4-5-6-7-8-9-10-13-17-20-23-26-29-33-40(44)34-31-36-43(47)49-38-41(45)37-48-42(46)35-30-27-24-21-18-15-12-11-14-16-19-22-25-28-32-39(2)3/h13,17,23,26,29,33,39-41,44-45H,4-12,14-16,18-22,24-25,27-28,30-32,34-38H2,1-3H3/b17-13+,26-23+,33-29+/t40?,41-/m1/s1. The molecule has 2 atom stereocenters. The third-order valence-corrected chi connectivity index (χ3v) is 8.91. The average Bonchev–Trinajstić information content (AvgIpc) is 3.08. The van der Waals surface area contributed by atoms with E-state index in [-0.39, 0.29) is 25.6 Å². The highest BCUT2D eigenvalue weighted by Crippen LogP contribution is 2.15. The first-order valence-corrected chi connectivity index (χ1v) is 20.5. The van der Waals surface area contributed by atoms with Gasteiger partial charge in [0.1, 0.15) is 19.3 Å². The number of carbonyl (C=O) groups is 2. The van der Waals surface area contributed by atoms with Gasteiger partial charge in [-0.25, -0.2) is 0 Å². The second-order valence-corrected chi connectivity index (χ2v) is 14.4. The topological polar surface area (TPSA) is 93.1 Å². The monoisotopic (exact) mass is 691 g/mol. The molecule has 0 aliphatic rings. The van der Waals surface area contributed by atoms with Crippen LogP contribution in [0.5, 0.6) is 0 Å². The maximum Gasteiger partial charge on any atom is 0.305 e. The normalized spacial score (nSPS) is 13.3. The van der Waals surface area contributed by atoms with E-state index in [0.717, 1.165) is 38.0 Å². The van der Waals surface area contributed by atoms with Gasteiger partial charge in [0.15, 0.2) is 0 Å². The highest BCUT2D eigenvalue weighted by Gasteiger charge is 2.12. The molecule has 0 bridgehead atoms. The fourth-order valence-electron chi connectivity index (χ4n) is 5.75. The smallest absolute Gasteiger partial charge is 0.305 e. The van der Waals surface area contributed by atoms with Crippen molar-refractivity contribution in [3.63, 3.8) is 0 Å². The van der Waals surface area contributed by atoms with E-state index in [9.17, 15) is 19.8 Å². The number of hydrogen-bond acceptors (Lipinski definition) is 6. The van der Waals surface area contributed by atoms with Crippen LogP contribution in [0.1, 0.15) is 194 Å². The summed E-state index contributed by atoms with van der Waals surface area (Å²) in [5.41, 5.74) is 0. The van der Waals surface area contributed by atoms with Gasteiger partial charge in [-0.15, -0.1) is 0 Å². The van der Waals surface area contributed by atoms with Gasteiger partial charge >= 0.3 is 11.9 Å². The van der Waals surface area contributed by atoms with Gasteiger partial charge < -0.3 is 19.7 Å². The van der Waals surface area contributed by atoms with Crippen LogP contribution in [0.15, 0.2) is 36.5 Å². The quantitative estimate of drug-likeness (QED) is 0.0294. The molecule has 0 fully saturated rings. The molecule has 286 valence electrons. The van der Waals surface area contributed by atoms with Crippen LogP contribution >= 0.6 is 0 Å². The molecule has 0 aliphatic carbocycles. The Morgan fingerprint density at radius 3 is 1.59 bits per heavy atom. The third kappa shape index (κ3) is 38.7. The van der Waals surface area contributed by atoms with E-state index in [0.29, 0.717) is 19.3 Å². The summed E-state index contributed by atoms with van der Waals surface area (Å²) in [6.07, 6.45) is 40.9. The molecule has 0 heterocycles. The Balaban J connectivity index is 3.59. The Kier molecular flexibility index (Phi) is 35.9. The molecule has 0 spiro atoms. The minimum absolute atomic E-state index is 0.162. The molecular formula is C43H78O6. The van der Waals surface area contributed by atoms with E-state index in [4.69, 9.17) is 9.47 Å². The fourth-order valence-corrected chi connectivity index (χ4v) is 5.75. The molecule has 49 heavy (non-hydrogen) atoms. The van der Waals surface area contributed by atoms with Crippen molar-refractivity contribution in [2.24, 2.45) is 5.92 Å². The van der Waals surface area contributed by atoms with Crippen LogP contribution in [0.25, 0.3) is 0 Å². The van der Waals surface area contributed by atoms with Gasteiger partial charge in [-0.05, 0) is 44.4 Å². The molecule has 0 amide bonds. The van der Waals surface area contributed by atoms with E-state index in [1.165, 1.54) is 116 Å². The lowest BCUT2D eigenvalue weighted by atomic mass is 10.0. The van der Waals surface area contributed by atoms with Crippen molar-refractivity contribution in [2.45, 2.75) is 206 Å². The second-order valence-electron chi connectivity index (χ2n) is 14.4. The zero-order chi connectivity index (χ0) is 36.0. The van der Waals surface area contributed by atoms with Gasteiger partial charge in [0, 0.05) is 12.8 Å². The van der Waals surface area contributed by atoms with Gasteiger partial charge in [-0.2, -0.15) is 0 Å². The van der Waals surface area contributed by atoms with Gasteiger partial charge in [0.25, 0.3) is 0 Å². The van der Waals surface area contributed by atoms with Crippen LogP contribution in [0.3, 0.4) is 0 Å². The highest BCUT2D eigenvalue weighted by atomic mass is 16.6. The molecule has 2 N–H and O–H groups in total. The summed E-state index contributed by atoms with van der Waals surface area (Å²) < 4.78 is 10.2. The number of ether oxygens (including phenoxy) is 2. The molecular weight excluding hydrogens is 612 g/mol. The molecule has 1 unspecified atom stereocenters. The maximum atomic E-state index is 12.0. The van der Waals surface area contributed by atoms with Gasteiger partial charge in [0.2, 0.25) is 0 Å². The average molecular weight is 691 g/mol. The number of esters is 2. The lowest BCUT2D eigenvalue weighted by Crippen LogP contribution is -2.25. The Bertz CT molecular complexity index is 817. The third-order valence-electron chi connectivity index (χ3n) is 8.91. The van der Waals surface area contributed by atoms with Crippen molar-refractivity contribution >= 4 is 11.9 Å². The minimum Gasteiger partial charge on any atom is -0.463 e. The number of aliphatic hydroxyl groups excluding tert-OH is 2. The molecule has 6 nitrogen and oxygen atoms in total. The Morgan fingerprint density at radius 1 is 0.551 bits per heavy atom. The number of unbranched alkanes of at least 4 members (excludes halogenated alkanes) is 19. The zero-order valence-corrected chi connectivity index (χ0v) is 32.2. The molecule has 0 saturated carbocycles. The first-order valence-electron chi connectivity index (χ1n) is 20.5. The second kappa shape index (κ2) is 37.3. The first kappa shape index (κ1) is 47.1. The van der Waals surface area contributed by atoms with Crippen molar-refractivity contribution < 1.29 is 29.3 Å². The highest BCUT2D eigenvalue weighted by molar-refractivity contribution is 5.69. The largest absolute Gasteiger partial charge is 0.463 e. The Morgan fingerprint density at radius 2 is 1.04 bits per heavy atom. The summed E-state index contributed by atoms with van der Waals surface area (Å²) in [6.45, 7) is 6.49. The summed E-state index contributed by atoms with van der Waals surface area (Å²) in [7, 11) is 0. The van der Waals surface area contributed by atoms with Crippen LogP contribution in [-0.4, -0.2) is 47.6 Å². The molecule has 0 aliphatic heterocycles. The predicted molar refractivity (Wildman–Crippen MR) is 207 cm³/mol. The molecule has 6 heteroatoms. The van der Waals surface area contributed by atoms with Crippen molar-refractivity contribution in [2.75, 3.05) is 13.2 Å². The van der Waals surface area contributed by atoms with Crippen LogP contribution in [0.2, 0.25) is 0 Å². The van der Waals surface area contributed by atoms with E-state index < -0.39 is 18.2 Å². The molecule has 0 aromatic rings. The van der Waals surface area contributed by atoms with Crippen LogP contribution < -0.4 is 0 Å². The number of aliphatic hydroxyl groups is 2. The predicted octanol–water partition coefficient (Wildman–Crippen LogP) is 11.7. The molecule has 0 aromatic carbocycles. The Labute approximate surface area is 302 Å². The number of allylic oxidation sites excluding steroid dienone is 5. The van der Waals surface area contributed by atoms with Gasteiger partial charge in [-0.1, -0.05) is 179 Å². The summed E-state index contributed by atoms with van der Waals surface area (Å²) in [4.78, 5) is 24.0. The zero-order valence-electron chi connectivity index (χ0n) is 32.2. The first-order chi connectivity index (χ1) is 23.8. The minimum atomic E-state index is -1.03. The molecule has 0 radical (unpaired) electrons. The van der Waals surface area contributed by atoms with Gasteiger partial charge in [0.05, 0.1) is 6.10 Å². The van der Waals surface area contributed by atoms with Crippen molar-refractivity contribution in [1.29, 1.82) is 0 Å². The molecule has 0 aromatic heterocycles. The summed E-state index contributed by atoms with van der Waals surface area (Å²) in [5, 5.41) is 20.1. The van der Waals surface area contributed by atoms with E-state index in [1.807, 2.05) is 12.2 Å². The van der Waals surface area contributed by atoms with Gasteiger partial charge in [-0.3, -0.25) is 9.59 Å². The summed E-state index contributed by atoms with van der Waals surface area (Å²) in [6, 6.07) is 0. The molecule has 0 saturated heterocycles. The lowest BCUT2D eigenvalue weighted by Gasteiger charge is -2.12. The fraction of sp³-hybridized carbons (Fsp3) is 0.814. The van der Waals surface area contributed by atoms with E-state index in [1.54, 1.807) is 6.08 Å². The van der Waals surface area contributed by atoms with E-state index in [2.05, 4.69) is 39.0 Å². The lowest BCUT2D eigenvalue weighted by molar-refractivity contribution is -0.152. The van der Waals surface area contributed by atoms with Crippen molar-refractivity contribution in [3.8, 4) is 0 Å². The number of hydrogen-bond donors (Lipinski definition) is 2. The summed E-state index contributed by atoms with van der Waals surface area (Å²) >= 11 is 0. The van der Waals surface area contributed by atoms with Crippen molar-refractivity contribution in [3.05, 3.63) is 36.5 Å². The number of rotatable bonds is 36.